The third kappa shape index (κ3) is 3.62. The molecule has 0 atom stereocenters. The number of nitrogens with two attached hydrogens (primary N) is 1. The minimum Gasteiger partial charge on any atom is -0.384 e. The number of benzene rings is 1. The number of nitrogens with zero attached hydrogens (tertiary/aromatic N) is 1. The van der Waals surface area contributed by atoms with Crippen LogP contribution in [0, 0.1) is 31.1 Å². The smallest absolute Gasteiger partial charge is 0.127 e. The van der Waals surface area contributed by atoms with Crippen LogP contribution in [0.25, 0.3) is 0 Å². The van der Waals surface area contributed by atoms with Crippen LogP contribution in [0.1, 0.15) is 66.0 Å². The first kappa shape index (κ1) is 18.1. The van der Waals surface area contributed by atoms with Gasteiger partial charge in [-0.05, 0) is 43.9 Å². The van der Waals surface area contributed by atoms with E-state index in [1.165, 1.54) is 37.7 Å². The van der Waals surface area contributed by atoms with Crippen molar-refractivity contribution >= 4 is 11.7 Å². The van der Waals surface area contributed by atoms with Crippen molar-refractivity contribution < 1.29 is 0 Å². The largest absolute Gasteiger partial charge is 0.384 e. The van der Waals surface area contributed by atoms with Crippen LogP contribution in [0.2, 0.25) is 0 Å². The molecule has 2 aromatic rings. The molecule has 4 N–H and O–H groups in total. The van der Waals surface area contributed by atoms with Gasteiger partial charge in [0.05, 0.1) is 11.1 Å². The van der Waals surface area contributed by atoms with E-state index in [2.05, 4.69) is 60.0 Å². The van der Waals surface area contributed by atoms with Crippen LogP contribution in [0.15, 0.2) is 24.4 Å². The van der Waals surface area contributed by atoms with Gasteiger partial charge in [-0.25, -0.2) is 0 Å². The molecule has 0 amide bonds. The number of amidine groups is 1. The van der Waals surface area contributed by atoms with Crippen LogP contribution in [0.3, 0.4) is 0 Å². The molecule has 0 spiro atoms. The van der Waals surface area contributed by atoms with E-state index in [9.17, 15) is 0 Å². The van der Waals surface area contributed by atoms with E-state index >= 15 is 0 Å². The molecule has 4 nitrogen and oxygen atoms in total. The van der Waals surface area contributed by atoms with E-state index in [0.29, 0.717) is 6.04 Å². The predicted octanol–water partition coefficient (Wildman–Crippen LogP) is 4.34. The van der Waals surface area contributed by atoms with Gasteiger partial charge >= 0.3 is 0 Å². The molecule has 1 aromatic heterocycles. The number of nitrogens with one attached hydrogen (secondary N) is 2. The number of hydrogen-bond donors (Lipinski definition) is 3. The van der Waals surface area contributed by atoms with Crippen molar-refractivity contribution in [2.75, 3.05) is 12.4 Å². The Hall–Kier alpha value is -2.67. The van der Waals surface area contributed by atoms with Crippen LogP contribution in [-0.4, -0.2) is 17.5 Å². The van der Waals surface area contributed by atoms with Crippen LogP contribution in [-0.2, 0) is 0 Å². The zero-order valence-electron chi connectivity index (χ0n) is 15.9. The molecule has 1 aliphatic rings. The van der Waals surface area contributed by atoms with Gasteiger partial charge in [-0.3, -0.25) is 5.41 Å². The highest BCUT2D eigenvalue weighted by molar-refractivity contribution is 6.02. The van der Waals surface area contributed by atoms with Gasteiger partial charge in [-0.1, -0.05) is 43.2 Å². The fourth-order valence-corrected chi connectivity index (χ4v) is 3.80. The molecule has 1 aromatic carbocycles. The van der Waals surface area contributed by atoms with Crippen molar-refractivity contribution in [2.24, 2.45) is 5.73 Å². The molecule has 136 valence electrons. The van der Waals surface area contributed by atoms with E-state index in [4.69, 9.17) is 11.1 Å². The summed E-state index contributed by atoms with van der Waals surface area (Å²) in [6.45, 7) is 4.14. The highest BCUT2D eigenvalue weighted by Gasteiger charge is 2.23. The number of rotatable bonds is 3. The maximum atomic E-state index is 8.06. The van der Waals surface area contributed by atoms with Gasteiger partial charge in [-0.15, -0.1) is 0 Å². The van der Waals surface area contributed by atoms with Crippen molar-refractivity contribution in [3.63, 3.8) is 0 Å². The summed E-state index contributed by atoms with van der Waals surface area (Å²) in [6, 6.07) is 6.75. The molecule has 26 heavy (non-hydrogen) atoms. The molecule has 0 radical (unpaired) electrons. The zero-order valence-corrected chi connectivity index (χ0v) is 15.9. The Morgan fingerprint density at radius 3 is 2.50 bits per heavy atom. The second-order valence-corrected chi connectivity index (χ2v) is 7.20. The Morgan fingerprint density at radius 1 is 1.15 bits per heavy atom. The Balaban J connectivity index is 2.06. The quantitative estimate of drug-likeness (QED) is 0.439. The summed E-state index contributed by atoms with van der Waals surface area (Å²) >= 11 is 0. The molecular formula is C22H28N4. The van der Waals surface area contributed by atoms with Gasteiger partial charge in [0.2, 0.25) is 0 Å². The van der Waals surface area contributed by atoms with E-state index in [1.54, 1.807) is 0 Å². The second kappa shape index (κ2) is 7.70. The lowest BCUT2D eigenvalue weighted by atomic mass is 9.95. The lowest BCUT2D eigenvalue weighted by molar-refractivity contribution is 0.357. The summed E-state index contributed by atoms with van der Waals surface area (Å²) in [7, 11) is 1.89. The minimum atomic E-state index is 0.0640. The van der Waals surface area contributed by atoms with Crippen molar-refractivity contribution in [1.82, 2.24) is 4.57 Å². The number of aryl methyl sites for hydroxylation is 2. The molecule has 4 heteroatoms. The number of nitrogen functional groups attached to an aromatic ring is 1. The molecule has 0 saturated heterocycles. The van der Waals surface area contributed by atoms with E-state index < -0.39 is 0 Å². The highest BCUT2D eigenvalue weighted by atomic mass is 15.1. The lowest BCUT2D eigenvalue weighted by Gasteiger charge is -2.25. The molecule has 1 heterocycles. The lowest BCUT2D eigenvalue weighted by Crippen LogP contribution is -2.17. The summed E-state index contributed by atoms with van der Waals surface area (Å²) < 4.78 is 2.25. The monoisotopic (exact) mass is 348 g/mol. The summed E-state index contributed by atoms with van der Waals surface area (Å²) in [4.78, 5) is 0. The summed E-state index contributed by atoms with van der Waals surface area (Å²) in [6.07, 6.45) is 8.24. The minimum absolute atomic E-state index is 0.0640. The third-order valence-corrected chi connectivity index (χ3v) is 5.23. The number of aromatic nitrogens is 1. The van der Waals surface area contributed by atoms with Gasteiger partial charge in [0.1, 0.15) is 11.7 Å². The second-order valence-electron chi connectivity index (χ2n) is 7.20. The van der Waals surface area contributed by atoms with Crippen LogP contribution >= 0.6 is 0 Å². The van der Waals surface area contributed by atoms with Gasteiger partial charge in [0.25, 0.3) is 0 Å². The third-order valence-electron chi connectivity index (χ3n) is 5.23. The molecule has 0 unspecified atom stereocenters. The van der Waals surface area contributed by atoms with Crippen molar-refractivity contribution in [2.45, 2.75) is 52.0 Å². The predicted molar refractivity (Wildman–Crippen MR) is 109 cm³/mol. The maximum absolute atomic E-state index is 8.06. The van der Waals surface area contributed by atoms with Gasteiger partial charge in [0, 0.05) is 24.8 Å². The van der Waals surface area contributed by atoms with Gasteiger partial charge < -0.3 is 15.6 Å². The van der Waals surface area contributed by atoms with Crippen molar-refractivity contribution in [3.05, 3.63) is 52.2 Å². The molecule has 1 saturated carbocycles. The van der Waals surface area contributed by atoms with Crippen molar-refractivity contribution in [1.29, 1.82) is 5.41 Å². The van der Waals surface area contributed by atoms with E-state index in [1.807, 2.05) is 7.05 Å². The molecule has 1 fully saturated rings. The Labute approximate surface area is 156 Å². The molecule has 0 aliphatic heterocycles. The van der Waals surface area contributed by atoms with Crippen LogP contribution in [0.5, 0.6) is 0 Å². The van der Waals surface area contributed by atoms with E-state index in [0.717, 1.165) is 28.1 Å². The molecule has 1 aliphatic carbocycles. The van der Waals surface area contributed by atoms with Crippen LogP contribution in [0.4, 0.5) is 5.82 Å². The Morgan fingerprint density at radius 2 is 1.85 bits per heavy atom. The standard InChI is InChI=1S/C22H28N4/c1-15-9-10-16(2)17(13-15)11-12-18-14-26(19-7-5-4-6-8-19)22(25-3)20(18)21(23)24/h9-10,13-14,19,25H,4-8H2,1-3H3,(H3,23,24). The molecule has 3 rings (SSSR count). The summed E-state index contributed by atoms with van der Waals surface area (Å²) in [5.74, 6) is 7.55. The maximum Gasteiger partial charge on any atom is 0.127 e. The molecule has 0 bridgehead atoms. The number of hydrogen-bond acceptors (Lipinski definition) is 2. The fourth-order valence-electron chi connectivity index (χ4n) is 3.80. The Kier molecular flexibility index (Phi) is 5.37. The molecular weight excluding hydrogens is 320 g/mol. The highest BCUT2D eigenvalue weighted by Crippen LogP contribution is 2.34. The normalized spacial score (nSPS) is 14.6. The van der Waals surface area contributed by atoms with Gasteiger partial charge in [0.15, 0.2) is 0 Å². The van der Waals surface area contributed by atoms with Crippen LogP contribution < -0.4 is 11.1 Å². The number of anilines is 1. The average molecular weight is 348 g/mol. The summed E-state index contributed by atoms with van der Waals surface area (Å²) in [5, 5.41) is 11.3. The SMILES string of the molecule is CNc1c(C(=N)N)c(C#Cc2cc(C)ccc2C)cn1C1CCCCC1. The first-order chi connectivity index (χ1) is 12.5. The van der Waals surface area contributed by atoms with Crippen molar-refractivity contribution in [3.8, 4) is 11.8 Å². The fraction of sp³-hybridized carbons (Fsp3) is 0.409. The Bertz CT molecular complexity index is 874. The zero-order chi connectivity index (χ0) is 18.7. The summed E-state index contributed by atoms with van der Waals surface area (Å²) in [5.41, 5.74) is 10.8. The first-order valence-electron chi connectivity index (χ1n) is 9.37. The van der Waals surface area contributed by atoms with E-state index in [-0.39, 0.29) is 5.84 Å². The average Bonchev–Trinajstić information content (AvgIpc) is 3.02. The first-order valence-corrected chi connectivity index (χ1v) is 9.37. The topological polar surface area (TPSA) is 66.8 Å². The van der Waals surface area contributed by atoms with Gasteiger partial charge in [-0.2, -0.15) is 0 Å².